The Morgan fingerprint density at radius 3 is 2.43 bits per heavy atom. The molecular formula is C24H17N3O3. The third-order valence-electron chi connectivity index (χ3n) is 5.04. The maximum atomic E-state index is 12.6. The maximum Gasteiger partial charge on any atom is 0.302 e. The fraction of sp³-hybridized carbons (Fsp3) is 0.0417. The highest BCUT2D eigenvalue weighted by Crippen LogP contribution is 2.37. The molecule has 3 aromatic carbocycles. The molecule has 0 atom stereocenters. The molecule has 0 fully saturated rings. The van der Waals surface area contributed by atoms with E-state index in [0.29, 0.717) is 11.3 Å². The second kappa shape index (κ2) is 7.33. The number of carbonyl (C=O) groups excluding carboxylic acids is 2. The zero-order valence-electron chi connectivity index (χ0n) is 15.9. The number of benzene rings is 3. The van der Waals surface area contributed by atoms with Gasteiger partial charge in [0.15, 0.2) is 5.69 Å². The summed E-state index contributed by atoms with van der Waals surface area (Å²) in [5.41, 5.74) is 6.13. The minimum atomic E-state index is -0.408. The Morgan fingerprint density at radius 1 is 0.800 bits per heavy atom. The van der Waals surface area contributed by atoms with Crippen LogP contribution in [-0.4, -0.2) is 16.8 Å². The molecule has 1 aromatic heterocycles. The van der Waals surface area contributed by atoms with E-state index in [4.69, 9.17) is 4.42 Å². The summed E-state index contributed by atoms with van der Waals surface area (Å²) in [6, 6.07) is 22.8. The molecule has 6 heteroatoms. The van der Waals surface area contributed by atoms with Gasteiger partial charge in [0.25, 0.3) is 11.8 Å². The average Bonchev–Trinajstić information content (AvgIpc) is 3.38. The molecule has 1 aliphatic carbocycles. The van der Waals surface area contributed by atoms with Crippen LogP contribution >= 0.6 is 0 Å². The minimum absolute atomic E-state index is 0.0293. The third-order valence-corrected chi connectivity index (χ3v) is 5.04. The Morgan fingerprint density at radius 2 is 1.57 bits per heavy atom. The fourth-order valence-corrected chi connectivity index (χ4v) is 3.61. The van der Waals surface area contributed by atoms with Gasteiger partial charge in [-0.1, -0.05) is 48.5 Å². The van der Waals surface area contributed by atoms with Gasteiger partial charge in [0.1, 0.15) is 6.26 Å². The number of hydrogen-bond acceptors (Lipinski definition) is 4. The number of oxazole rings is 1. The van der Waals surface area contributed by atoms with Gasteiger partial charge in [-0.2, -0.15) is 4.98 Å². The smallest absolute Gasteiger partial charge is 0.302 e. The van der Waals surface area contributed by atoms with Crippen molar-refractivity contribution in [3.05, 3.63) is 101 Å². The number of nitrogens with one attached hydrogen (secondary N) is 2. The van der Waals surface area contributed by atoms with Gasteiger partial charge < -0.3 is 9.73 Å². The van der Waals surface area contributed by atoms with Crippen LogP contribution in [0.4, 0.5) is 11.7 Å². The third kappa shape index (κ3) is 3.35. The van der Waals surface area contributed by atoms with Gasteiger partial charge in [0.2, 0.25) is 0 Å². The fourth-order valence-electron chi connectivity index (χ4n) is 3.61. The number of anilines is 2. The molecule has 30 heavy (non-hydrogen) atoms. The van der Waals surface area contributed by atoms with Gasteiger partial charge in [0.05, 0.1) is 0 Å². The van der Waals surface area contributed by atoms with E-state index in [1.54, 1.807) is 24.3 Å². The van der Waals surface area contributed by atoms with E-state index >= 15 is 0 Å². The number of nitrogens with zero attached hydrogens (tertiary/aromatic N) is 1. The lowest BCUT2D eigenvalue weighted by atomic mass is 10.1. The molecule has 0 saturated heterocycles. The Hall–Kier alpha value is -4.19. The van der Waals surface area contributed by atoms with Gasteiger partial charge in [-0.15, -0.1) is 0 Å². The van der Waals surface area contributed by atoms with Gasteiger partial charge in [-0.25, -0.2) is 0 Å². The molecule has 0 radical (unpaired) electrons. The lowest BCUT2D eigenvalue weighted by Crippen LogP contribution is -2.14. The molecule has 0 bridgehead atoms. The SMILES string of the molecule is O=C(Nc1nc(C(=O)Nc2ccc3c(c2)Cc2ccccc2-3)co1)c1ccccc1. The summed E-state index contributed by atoms with van der Waals surface area (Å²) >= 11 is 0. The van der Waals surface area contributed by atoms with Crippen molar-refractivity contribution < 1.29 is 14.0 Å². The summed E-state index contributed by atoms with van der Waals surface area (Å²) in [7, 11) is 0. The summed E-state index contributed by atoms with van der Waals surface area (Å²) in [5.74, 6) is -0.767. The summed E-state index contributed by atoms with van der Waals surface area (Å²) < 4.78 is 5.23. The number of fused-ring (bicyclic) bond motifs is 3. The van der Waals surface area contributed by atoms with Crippen molar-refractivity contribution in [2.45, 2.75) is 6.42 Å². The number of amides is 2. The van der Waals surface area contributed by atoms with Crippen LogP contribution in [0.1, 0.15) is 32.0 Å². The van der Waals surface area contributed by atoms with Crippen LogP contribution in [0.3, 0.4) is 0 Å². The maximum absolute atomic E-state index is 12.6. The van der Waals surface area contributed by atoms with Crippen LogP contribution in [-0.2, 0) is 6.42 Å². The lowest BCUT2D eigenvalue weighted by molar-refractivity contribution is 0.101. The molecule has 1 aliphatic rings. The van der Waals surface area contributed by atoms with Crippen molar-refractivity contribution in [1.82, 2.24) is 4.98 Å². The highest BCUT2D eigenvalue weighted by atomic mass is 16.4. The standard InChI is InChI=1S/C24H17N3O3/c28-22(15-6-2-1-3-7-15)27-24-26-21(14-30-24)23(29)25-18-10-11-20-17(13-18)12-16-8-4-5-9-19(16)20/h1-11,13-14H,12H2,(H,25,29)(H,26,27,28). The van der Waals surface area contributed by atoms with E-state index in [0.717, 1.165) is 6.42 Å². The largest absolute Gasteiger partial charge is 0.431 e. The molecule has 0 spiro atoms. The Kier molecular flexibility index (Phi) is 4.37. The first-order valence-electron chi connectivity index (χ1n) is 9.52. The minimum Gasteiger partial charge on any atom is -0.431 e. The van der Waals surface area contributed by atoms with Crippen molar-refractivity contribution in [2.24, 2.45) is 0 Å². The average molecular weight is 395 g/mol. The van der Waals surface area contributed by atoms with Crippen LogP contribution in [0.2, 0.25) is 0 Å². The van der Waals surface area contributed by atoms with Crippen molar-refractivity contribution in [1.29, 1.82) is 0 Å². The van der Waals surface area contributed by atoms with Crippen LogP contribution < -0.4 is 10.6 Å². The lowest BCUT2D eigenvalue weighted by Gasteiger charge is -2.06. The number of carbonyl (C=O) groups is 2. The van der Waals surface area contributed by atoms with Crippen LogP contribution in [0.15, 0.2) is 83.5 Å². The van der Waals surface area contributed by atoms with E-state index < -0.39 is 5.91 Å². The quantitative estimate of drug-likeness (QED) is 0.460. The second-order valence-corrected chi connectivity index (χ2v) is 7.02. The van der Waals surface area contributed by atoms with Gasteiger partial charge in [-0.05, 0) is 52.9 Å². The Labute approximate surface area is 172 Å². The van der Waals surface area contributed by atoms with Crippen LogP contribution in [0, 0.1) is 0 Å². The first-order valence-corrected chi connectivity index (χ1v) is 9.52. The molecule has 2 N–H and O–H groups in total. The highest BCUT2D eigenvalue weighted by Gasteiger charge is 2.19. The zero-order valence-corrected chi connectivity index (χ0v) is 15.9. The van der Waals surface area contributed by atoms with Crippen molar-refractivity contribution >= 4 is 23.5 Å². The highest BCUT2D eigenvalue weighted by molar-refractivity contribution is 6.05. The van der Waals surface area contributed by atoms with Crippen molar-refractivity contribution in [3.63, 3.8) is 0 Å². The van der Waals surface area contributed by atoms with Gasteiger partial charge in [-0.3, -0.25) is 14.9 Å². The van der Waals surface area contributed by atoms with E-state index in [2.05, 4.69) is 27.8 Å². The van der Waals surface area contributed by atoms with Crippen molar-refractivity contribution in [3.8, 4) is 11.1 Å². The van der Waals surface area contributed by atoms with E-state index in [1.807, 2.05) is 36.4 Å². The van der Waals surface area contributed by atoms with E-state index in [-0.39, 0.29) is 17.6 Å². The molecule has 1 heterocycles. The van der Waals surface area contributed by atoms with Crippen molar-refractivity contribution in [2.75, 3.05) is 10.6 Å². The van der Waals surface area contributed by atoms with Crippen LogP contribution in [0.25, 0.3) is 11.1 Å². The summed E-state index contributed by atoms with van der Waals surface area (Å²) in [6.45, 7) is 0. The predicted octanol–water partition coefficient (Wildman–Crippen LogP) is 4.75. The number of aromatic nitrogens is 1. The van der Waals surface area contributed by atoms with E-state index in [9.17, 15) is 9.59 Å². The molecule has 0 unspecified atom stereocenters. The van der Waals surface area contributed by atoms with Gasteiger partial charge >= 0.3 is 6.01 Å². The normalized spacial score (nSPS) is 11.5. The predicted molar refractivity (Wildman–Crippen MR) is 114 cm³/mol. The second-order valence-electron chi connectivity index (χ2n) is 7.02. The number of rotatable bonds is 4. The molecule has 5 rings (SSSR count). The molecule has 6 nitrogen and oxygen atoms in total. The Balaban J connectivity index is 1.28. The monoisotopic (exact) mass is 395 g/mol. The molecule has 0 saturated carbocycles. The molecular weight excluding hydrogens is 378 g/mol. The van der Waals surface area contributed by atoms with Gasteiger partial charge in [0, 0.05) is 11.3 Å². The first kappa shape index (κ1) is 17.9. The molecule has 4 aromatic rings. The summed E-state index contributed by atoms with van der Waals surface area (Å²) in [4.78, 5) is 28.8. The summed E-state index contributed by atoms with van der Waals surface area (Å²) in [5, 5.41) is 5.38. The Bertz CT molecular complexity index is 1260. The summed E-state index contributed by atoms with van der Waals surface area (Å²) in [6.07, 6.45) is 2.06. The molecule has 2 amide bonds. The first-order chi connectivity index (χ1) is 14.7. The topological polar surface area (TPSA) is 84.2 Å². The molecule has 0 aliphatic heterocycles. The van der Waals surface area contributed by atoms with Crippen LogP contribution in [0.5, 0.6) is 0 Å². The zero-order chi connectivity index (χ0) is 20.5. The molecule has 146 valence electrons. The number of hydrogen-bond donors (Lipinski definition) is 2. The van der Waals surface area contributed by atoms with E-state index in [1.165, 1.54) is 28.5 Å².